The predicted molar refractivity (Wildman–Crippen MR) is 94.3 cm³/mol. The van der Waals surface area contributed by atoms with Gasteiger partial charge in [0, 0.05) is 35.4 Å². The Kier molecular flexibility index (Phi) is 8.71. The molecule has 2 rings (SSSR count). The van der Waals surface area contributed by atoms with Crippen LogP contribution in [0.3, 0.4) is 0 Å². The number of imidazole rings is 1. The van der Waals surface area contributed by atoms with Gasteiger partial charge in [-0.05, 0) is 24.6 Å². The zero-order valence-corrected chi connectivity index (χ0v) is 14.8. The molecule has 0 aliphatic carbocycles. The summed E-state index contributed by atoms with van der Waals surface area (Å²) in [5.41, 5.74) is 0. The molecule has 22 heavy (non-hydrogen) atoms. The largest absolute Gasteiger partial charge is 0.355 e. The SMILES string of the molecule is Cl.O=C(CSc1cc(Cl)ccc1Cl)NCCCn1ccnc1. The Bertz CT molecular complexity index is 593. The molecule has 1 amide bonds. The number of hydrogen-bond acceptors (Lipinski definition) is 3. The molecule has 0 radical (unpaired) electrons. The minimum absolute atomic E-state index is 0. The highest BCUT2D eigenvalue weighted by Gasteiger charge is 2.06. The second-order valence-corrected chi connectivity index (χ2v) is 6.23. The van der Waals surface area contributed by atoms with E-state index >= 15 is 0 Å². The van der Waals surface area contributed by atoms with Gasteiger partial charge in [0.1, 0.15) is 0 Å². The van der Waals surface area contributed by atoms with Gasteiger partial charge in [-0.2, -0.15) is 0 Å². The van der Waals surface area contributed by atoms with Crippen LogP contribution in [0.15, 0.2) is 41.8 Å². The van der Waals surface area contributed by atoms with E-state index in [-0.39, 0.29) is 18.3 Å². The molecule has 0 fully saturated rings. The van der Waals surface area contributed by atoms with Gasteiger partial charge in [0.25, 0.3) is 0 Å². The Morgan fingerprint density at radius 2 is 2.18 bits per heavy atom. The number of hydrogen-bond donors (Lipinski definition) is 1. The van der Waals surface area contributed by atoms with Crippen LogP contribution < -0.4 is 5.32 Å². The van der Waals surface area contributed by atoms with E-state index in [1.54, 1.807) is 30.7 Å². The van der Waals surface area contributed by atoms with E-state index in [4.69, 9.17) is 23.2 Å². The number of nitrogens with zero attached hydrogens (tertiary/aromatic N) is 2. The number of thioether (sulfide) groups is 1. The second-order valence-electron chi connectivity index (χ2n) is 4.37. The van der Waals surface area contributed by atoms with Gasteiger partial charge >= 0.3 is 0 Å². The van der Waals surface area contributed by atoms with Crippen LogP contribution in [0, 0.1) is 0 Å². The molecular formula is C14H16Cl3N3OS. The number of carbonyl (C=O) groups is 1. The monoisotopic (exact) mass is 379 g/mol. The number of aryl methyl sites for hydroxylation is 1. The van der Waals surface area contributed by atoms with Crippen LogP contribution >= 0.6 is 47.4 Å². The fourth-order valence-electron chi connectivity index (χ4n) is 1.69. The Labute approximate surface area is 150 Å². The van der Waals surface area contributed by atoms with Crippen LogP contribution in [-0.2, 0) is 11.3 Å². The molecule has 1 N–H and O–H groups in total. The Morgan fingerprint density at radius 1 is 1.36 bits per heavy atom. The first-order valence-corrected chi connectivity index (χ1v) is 8.19. The summed E-state index contributed by atoms with van der Waals surface area (Å²) in [6, 6.07) is 5.22. The lowest BCUT2D eigenvalue weighted by Crippen LogP contribution is -2.26. The molecule has 0 spiro atoms. The van der Waals surface area contributed by atoms with Crippen molar-refractivity contribution in [2.24, 2.45) is 0 Å². The maximum Gasteiger partial charge on any atom is 0.230 e. The zero-order valence-electron chi connectivity index (χ0n) is 11.7. The molecule has 0 bridgehead atoms. The molecule has 2 aromatic rings. The van der Waals surface area contributed by atoms with Crippen molar-refractivity contribution in [2.45, 2.75) is 17.9 Å². The van der Waals surface area contributed by atoms with E-state index in [1.807, 2.05) is 10.8 Å². The fraction of sp³-hybridized carbons (Fsp3) is 0.286. The third kappa shape index (κ3) is 6.48. The summed E-state index contributed by atoms with van der Waals surface area (Å²) < 4.78 is 1.98. The molecule has 0 atom stereocenters. The van der Waals surface area contributed by atoms with Crippen LogP contribution in [0.5, 0.6) is 0 Å². The summed E-state index contributed by atoms with van der Waals surface area (Å²) in [7, 11) is 0. The van der Waals surface area contributed by atoms with Crippen LogP contribution in [0.1, 0.15) is 6.42 Å². The van der Waals surface area contributed by atoms with Crippen molar-refractivity contribution in [2.75, 3.05) is 12.3 Å². The Hall–Kier alpha value is -0.880. The molecule has 0 unspecified atom stereocenters. The van der Waals surface area contributed by atoms with E-state index in [0.29, 0.717) is 22.3 Å². The lowest BCUT2D eigenvalue weighted by molar-refractivity contribution is -0.118. The third-order valence-corrected chi connectivity index (χ3v) is 4.46. The van der Waals surface area contributed by atoms with Crippen molar-refractivity contribution >= 4 is 53.3 Å². The van der Waals surface area contributed by atoms with Crippen LogP contribution in [-0.4, -0.2) is 27.8 Å². The number of amides is 1. The number of nitrogens with one attached hydrogen (secondary N) is 1. The van der Waals surface area contributed by atoms with Gasteiger partial charge in [-0.25, -0.2) is 4.98 Å². The first-order valence-electron chi connectivity index (χ1n) is 6.45. The van der Waals surface area contributed by atoms with Crippen LogP contribution in [0.4, 0.5) is 0 Å². The lowest BCUT2D eigenvalue weighted by Gasteiger charge is -2.07. The highest BCUT2D eigenvalue weighted by atomic mass is 35.5. The molecule has 0 aliphatic heterocycles. The highest BCUT2D eigenvalue weighted by molar-refractivity contribution is 8.00. The summed E-state index contributed by atoms with van der Waals surface area (Å²) in [4.78, 5) is 16.5. The van der Waals surface area contributed by atoms with Gasteiger partial charge in [-0.1, -0.05) is 23.2 Å². The van der Waals surface area contributed by atoms with Gasteiger partial charge in [0.2, 0.25) is 5.91 Å². The molecule has 1 aromatic heterocycles. The fourth-order valence-corrected chi connectivity index (χ4v) is 3.01. The van der Waals surface area contributed by atoms with Gasteiger partial charge in [-0.3, -0.25) is 4.79 Å². The summed E-state index contributed by atoms with van der Waals surface area (Å²) in [6.07, 6.45) is 6.27. The van der Waals surface area contributed by atoms with Crippen molar-refractivity contribution in [3.8, 4) is 0 Å². The number of aromatic nitrogens is 2. The number of carbonyl (C=O) groups excluding carboxylic acids is 1. The molecule has 8 heteroatoms. The predicted octanol–water partition coefficient (Wildman–Crippen LogP) is 3.91. The first kappa shape index (κ1) is 19.2. The minimum atomic E-state index is -0.0123. The normalized spacial score (nSPS) is 10.1. The molecular weight excluding hydrogens is 365 g/mol. The standard InChI is InChI=1S/C14H15Cl2N3OS.ClH/c15-11-2-3-12(16)13(8-11)21-9-14(20)18-4-1-6-19-7-5-17-10-19;/h2-3,5,7-8,10H,1,4,6,9H2,(H,18,20);1H. The molecule has 0 aliphatic rings. The van der Waals surface area contributed by atoms with Gasteiger partial charge in [-0.15, -0.1) is 24.2 Å². The average molecular weight is 381 g/mol. The van der Waals surface area contributed by atoms with Crippen LogP contribution in [0.25, 0.3) is 0 Å². The molecule has 4 nitrogen and oxygen atoms in total. The zero-order chi connectivity index (χ0) is 15.1. The average Bonchev–Trinajstić information content (AvgIpc) is 2.98. The van der Waals surface area contributed by atoms with Crippen molar-refractivity contribution in [1.82, 2.24) is 14.9 Å². The molecule has 0 saturated carbocycles. The number of rotatable bonds is 7. The van der Waals surface area contributed by atoms with E-state index in [9.17, 15) is 4.79 Å². The Morgan fingerprint density at radius 3 is 2.91 bits per heavy atom. The second kappa shape index (κ2) is 10.0. The quantitative estimate of drug-likeness (QED) is 0.585. The van der Waals surface area contributed by atoms with Crippen molar-refractivity contribution < 1.29 is 4.79 Å². The molecule has 0 saturated heterocycles. The smallest absolute Gasteiger partial charge is 0.230 e. The van der Waals surface area contributed by atoms with E-state index in [0.717, 1.165) is 17.9 Å². The van der Waals surface area contributed by atoms with Crippen molar-refractivity contribution in [1.29, 1.82) is 0 Å². The summed E-state index contributed by atoms with van der Waals surface area (Å²) in [5.74, 6) is 0.312. The highest BCUT2D eigenvalue weighted by Crippen LogP contribution is 2.29. The van der Waals surface area contributed by atoms with Gasteiger partial charge < -0.3 is 9.88 Å². The maximum absolute atomic E-state index is 11.7. The summed E-state index contributed by atoms with van der Waals surface area (Å²) in [5, 5.41) is 4.10. The molecule has 120 valence electrons. The van der Waals surface area contributed by atoms with Gasteiger partial charge in [0.15, 0.2) is 0 Å². The minimum Gasteiger partial charge on any atom is -0.355 e. The van der Waals surface area contributed by atoms with Gasteiger partial charge in [0.05, 0.1) is 17.1 Å². The maximum atomic E-state index is 11.7. The third-order valence-electron chi connectivity index (χ3n) is 2.73. The lowest BCUT2D eigenvalue weighted by atomic mass is 10.4. The van der Waals surface area contributed by atoms with Crippen molar-refractivity contribution in [3.63, 3.8) is 0 Å². The molecule has 1 heterocycles. The van der Waals surface area contributed by atoms with E-state index in [1.165, 1.54) is 11.8 Å². The summed E-state index contributed by atoms with van der Waals surface area (Å²) in [6.45, 7) is 1.48. The number of benzene rings is 1. The van der Waals surface area contributed by atoms with E-state index < -0.39 is 0 Å². The van der Waals surface area contributed by atoms with Crippen molar-refractivity contribution in [3.05, 3.63) is 47.0 Å². The van der Waals surface area contributed by atoms with Crippen LogP contribution in [0.2, 0.25) is 10.0 Å². The topological polar surface area (TPSA) is 46.9 Å². The van der Waals surface area contributed by atoms with E-state index in [2.05, 4.69) is 10.3 Å². The molecule has 1 aromatic carbocycles. The number of halogens is 3. The Balaban J connectivity index is 0.00000242. The first-order chi connectivity index (χ1) is 10.1. The summed E-state index contributed by atoms with van der Waals surface area (Å²) >= 11 is 13.3.